The van der Waals surface area contributed by atoms with Crippen LogP contribution in [0.4, 0.5) is 11.5 Å². The lowest BCUT2D eigenvalue weighted by Crippen LogP contribution is -2.25. The highest BCUT2D eigenvalue weighted by Crippen LogP contribution is 2.17. The third kappa shape index (κ3) is 4.83. The van der Waals surface area contributed by atoms with Crippen LogP contribution in [0.1, 0.15) is 19.5 Å². The van der Waals surface area contributed by atoms with E-state index in [0.29, 0.717) is 28.7 Å². The maximum absolute atomic E-state index is 11.5. The molecule has 5 N–H and O–H groups in total. The first-order chi connectivity index (χ1) is 15.2. The Morgan fingerprint density at radius 2 is 2.12 bits per heavy atom. The third-order valence-electron chi connectivity index (χ3n) is 4.71. The zero-order valence-corrected chi connectivity index (χ0v) is 19.6. The standard InChI is InChI=1S/C21H22IN7O3/c1-21(2,11-30)10-23-17-8-16(25-14-5-3-4-13(22)7-14)27-18-12(9-24-29(17)18)6-15-19(31)28-20(32)26-15/h3-9,25,30-31H,10-11H2,1-2H3,(H2,26,28,32). The Morgan fingerprint density at radius 1 is 1.31 bits per heavy atom. The molecular formula is C21H22IN7O3. The molecule has 0 unspecified atom stereocenters. The van der Waals surface area contributed by atoms with Crippen LogP contribution in [0.5, 0.6) is 5.88 Å². The number of anilines is 2. The molecule has 3 heterocycles. The van der Waals surface area contributed by atoms with Gasteiger partial charge in [-0.3, -0.25) is 9.98 Å². The summed E-state index contributed by atoms with van der Waals surface area (Å²) in [5.41, 5.74) is 1.23. The first-order valence-corrected chi connectivity index (χ1v) is 10.9. The van der Waals surface area contributed by atoms with Gasteiger partial charge in [0.05, 0.1) is 6.20 Å². The summed E-state index contributed by atoms with van der Waals surface area (Å²) in [6.07, 6.45) is 3.16. The molecule has 32 heavy (non-hydrogen) atoms. The van der Waals surface area contributed by atoms with E-state index in [4.69, 9.17) is 0 Å². The number of nitrogens with zero attached hydrogens (tertiary/aromatic N) is 4. The zero-order chi connectivity index (χ0) is 22.9. The molecule has 4 aromatic rings. The van der Waals surface area contributed by atoms with Gasteiger partial charge in [0.2, 0.25) is 5.88 Å². The molecule has 0 saturated heterocycles. The van der Waals surface area contributed by atoms with E-state index in [-0.39, 0.29) is 18.2 Å². The van der Waals surface area contributed by atoms with Crippen molar-refractivity contribution in [1.82, 2.24) is 24.6 Å². The molecule has 0 aliphatic heterocycles. The Balaban J connectivity index is 1.89. The van der Waals surface area contributed by atoms with Crippen molar-refractivity contribution < 1.29 is 10.2 Å². The van der Waals surface area contributed by atoms with E-state index >= 15 is 0 Å². The number of H-pyrrole nitrogens is 2. The van der Waals surface area contributed by atoms with Gasteiger partial charge < -0.3 is 20.5 Å². The summed E-state index contributed by atoms with van der Waals surface area (Å²) < 4.78 is 2.66. The minimum Gasteiger partial charge on any atom is -0.493 e. The fourth-order valence-electron chi connectivity index (χ4n) is 2.95. The highest BCUT2D eigenvalue weighted by molar-refractivity contribution is 14.1. The monoisotopic (exact) mass is 547 g/mol. The Labute approximate surface area is 195 Å². The molecule has 0 bridgehead atoms. The third-order valence-corrected chi connectivity index (χ3v) is 5.38. The summed E-state index contributed by atoms with van der Waals surface area (Å²) in [5, 5.41) is 27.8. The van der Waals surface area contributed by atoms with Crippen LogP contribution in [-0.4, -0.2) is 47.9 Å². The number of aliphatic hydroxyl groups is 1. The quantitative estimate of drug-likeness (QED) is 0.230. The van der Waals surface area contributed by atoms with Crippen molar-refractivity contribution in [1.29, 1.82) is 0 Å². The number of aromatic nitrogens is 5. The Kier molecular flexibility index (Phi) is 6.02. The van der Waals surface area contributed by atoms with Crippen LogP contribution in [0.2, 0.25) is 0 Å². The molecule has 1 aromatic carbocycles. The molecule has 0 fully saturated rings. The maximum atomic E-state index is 11.5. The fourth-order valence-corrected chi connectivity index (χ4v) is 3.49. The van der Waals surface area contributed by atoms with Crippen LogP contribution >= 0.6 is 22.6 Å². The molecular weight excluding hydrogens is 525 g/mol. The summed E-state index contributed by atoms with van der Waals surface area (Å²) in [6, 6.07) is 9.65. The number of hydrogen-bond donors (Lipinski definition) is 5. The molecule has 0 aliphatic carbocycles. The number of aliphatic hydroxyl groups excluding tert-OH is 1. The van der Waals surface area contributed by atoms with Crippen molar-refractivity contribution in [3.05, 3.63) is 67.0 Å². The van der Waals surface area contributed by atoms with Crippen molar-refractivity contribution in [3.63, 3.8) is 0 Å². The van der Waals surface area contributed by atoms with Crippen molar-refractivity contribution in [2.24, 2.45) is 10.4 Å². The number of nitrogens with one attached hydrogen (secondary N) is 3. The predicted octanol–water partition coefficient (Wildman–Crippen LogP) is 1.27. The number of halogens is 1. The van der Waals surface area contributed by atoms with Gasteiger partial charge >= 0.3 is 5.69 Å². The van der Waals surface area contributed by atoms with Crippen molar-refractivity contribution >= 4 is 45.8 Å². The van der Waals surface area contributed by atoms with Crippen LogP contribution < -0.4 is 21.7 Å². The molecule has 0 saturated carbocycles. The van der Waals surface area contributed by atoms with Gasteiger partial charge in [-0.25, -0.2) is 9.78 Å². The molecule has 0 atom stereocenters. The molecule has 0 spiro atoms. The van der Waals surface area contributed by atoms with Crippen molar-refractivity contribution in [3.8, 4) is 5.88 Å². The lowest BCUT2D eigenvalue weighted by molar-refractivity contribution is 0.166. The van der Waals surface area contributed by atoms with Crippen LogP contribution in [0, 0.1) is 8.99 Å². The van der Waals surface area contributed by atoms with Crippen molar-refractivity contribution in [2.75, 3.05) is 18.5 Å². The second-order valence-corrected chi connectivity index (χ2v) is 9.34. The fraction of sp³-hybridized carbons (Fsp3) is 0.238. The predicted molar refractivity (Wildman–Crippen MR) is 129 cm³/mol. The lowest BCUT2D eigenvalue weighted by atomic mass is 9.95. The van der Waals surface area contributed by atoms with Crippen LogP contribution in [-0.2, 0) is 0 Å². The Bertz CT molecular complexity index is 1450. The number of aromatic amines is 2. The first-order valence-electron chi connectivity index (χ1n) is 9.80. The van der Waals surface area contributed by atoms with Crippen molar-refractivity contribution in [2.45, 2.75) is 13.8 Å². The minimum atomic E-state index is -0.513. The summed E-state index contributed by atoms with van der Waals surface area (Å²) in [4.78, 5) is 25.6. The highest BCUT2D eigenvalue weighted by atomic mass is 127. The molecule has 0 radical (unpaired) electrons. The maximum Gasteiger partial charge on any atom is 0.326 e. The average molecular weight is 547 g/mol. The molecule has 10 nitrogen and oxygen atoms in total. The number of imidazole rings is 1. The molecule has 11 heteroatoms. The molecule has 0 amide bonds. The Morgan fingerprint density at radius 3 is 2.81 bits per heavy atom. The van der Waals surface area contributed by atoms with Gasteiger partial charge in [-0.05, 0) is 46.9 Å². The second kappa shape index (κ2) is 8.74. The van der Waals surface area contributed by atoms with Gasteiger partial charge in [0.1, 0.15) is 11.5 Å². The molecule has 166 valence electrons. The van der Waals surface area contributed by atoms with E-state index < -0.39 is 11.1 Å². The number of fused-ring (bicyclic) bond motifs is 1. The normalized spacial score (nSPS) is 13.2. The molecule has 3 aromatic heterocycles. The highest BCUT2D eigenvalue weighted by Gasteiger charge is 2.16. The number of benzene rings is 1. The first kappa shape index (κ1) is 22.0. The smallest absolute Gasteiger partial charge is 0.326 e. The number of rotatable bonds is 6. The van der Waals surface area contributed by atoms with Gasteiger partial charge in [-0.1, -0.05) is 19.9 Å². The van der Waals surface area contributed by atoms with E-state index in [1.54, 1.807) is 22.9 Å². The van der Waals surface area contributed by atoms with Crippen LogP contribution in [0.25, 0.3) is 11.7 Å². The largest absolute Gasteiger partial charge is 0.493 e. The second-order valence-electron chi connectivity index (χ2n) is 8.09. The molecule has 0 aliphatic rings. The van der Waals surface area contributed by atoms with Crippen LogP contribution in [0.15, 0.2) is 46.3 Å². The van der Waals surface area contributed by atoms with E-state index in [0.717, 1.165) is 9.26 Å². The van der Waals surface area contributed by atoms with E-state index in [9.17, 15) is 15.0 Å². The summed E-state index contributed by atoms with van der Waals surface area (Å²) in [7, 11) is 0. The minimum absolute atomic E-state index is 0.00342. The van der Waals surface area contributed by atoms with Gasteiger partial charge in [-0.2, -0.15) is 9.61 Å². The number of aromatic hydroxyl groups is 1. The van der Waals surface area contributed by atoms with Crippen LogP contribution in [0.3, 0.4) is 0 Å². The zero-order valence-electron chi connectivity index (χ0n) is 17.4. The van der Waals surface area contributed by atoms with E-state index in [2.05, 4.69) is 53.0 Å². The Hall–Kier alpha value is -3.19. The topological polar surface area (TPSA) is 144 Å². The van der Waals surface area contributed by atoms with Gasteiger partial charge in [0, 0.05) is 39.1 Å². The summed E-state index contributed by atoms with van der Waals surface area (Å²) in [6.45, 7) is 4.23. The van der Waals surface area contributed by atoms with E-state index in [1.807, 2.05) is 38.1 Å². The van der Waals surface area contributed by atoms with Gasteiger partial charge in [-0.15, -0.1) is 0 Å². The van der Waals surface area contributed by atoms with E-state index in [1.165, 1.54) is 0 Å². The number of hydrogen-bond acceptors (Lipinski definition) is 7. The molecule has 4 rings (SSSR count). The average Bonchev–Trinajstić information content (AvgIpc) is 3.29. The SMILES string of the molecule is CC(C)(CO)CN=c1cc(Nc2cccc(I)c2)nc2c(=Cc3[nH]c(=O)[nH]c3O)cnn12. The lowest BCUT2D eigenvalue weighted by Gasteiger charge is -2.18. The summed E-state index contributed by atoms with van der Waals surface area (Å²) >= 11 is 2.24. The van der Waals surface area contributed by atoms with Gasteiger partial charge in [0.15, 0.2) is 11.1 Å². The summed E-state index contributed by atoms with van der Waals surface area (Å²) in [5.74, 6) is 0.291. The van der Waals surface area contributed by atoms with Gasteiger partial charge in [0.25, 0.3) is 0 Å².